The minimum atomic E-state index is 0.00883. The van der Waals surface area contributed by atoms with E-state index in [1.165, 1.54) is 0 Å². The fraction of sp³-hybridized carbons (Fsp3) is 1.00. The van der Waals surface area contributed by atoms with Crippen LogP contribution in [0.3, 0.4) is 0 Å². The van der Waals surface area contributed by atoms with E-state index in [0.29, 0.717) is 6.73 Å². The van der Waals surface area contributed by atoms with Crippen LogP contribution in [0.4, 0.5) is 0 Å². The highest BCUT2D eigenvalue weighted by atomic mass is 35.5. The highest BCUT2D eigenvalue weighted by Gasteiger charge is 2.31. The highest BCUT2D eigenvalue weighted by molar-refractivity contribution is 6.24. The lowest BCUT2D eigenvalue weighted by Gasteiger charge is -2.31. The molecule has 0 aromatic rings. The van der Waals surface area contributed by atoms with Gasteiger partial charge in [-0.05, 0) is 19.9 Å². The molecule has 2 nitrogen and oxygen atoms in total. The fourth-order valence-electron chi connectivity index (χ4n) is 1.45. The van der Waals surface area contributed by atoms with Crippen LogP contribution in [0.1, 0.15) is 19.3 Å². The van der Waals surface area contributed by atoms with E-state index in [9.17, 15) is 0 Å². The minimum absolute atomic E-state index is 0.00883. The molecule has 1 aliphatic rings. The lowest BCUT2D eigenvalue weighted by Crippen LogP contribution is -2.39. The molecule has 2 unspecified atom stereocenters. The third-order valence-electron chi connectivity index (χ3n) is 2.09. The summed E-state index contributed by atoms with van der Waals surface area (Å²) in [5.74, 6) is 0. The molecular formula is C8H15Cl2NO. The Balaban J connectivity index is 2.34. The van der Waals surface area contributed by atoms with E-state index in [0.717, 1.165) is 19.3 Å². The predicted molar refractivity (Wildman–Crippen MR) is 51.9 cm³/mol. The van der Waals surface area contributed by atoms with Crippen LogP contribution in [0.25, 0.3) is 0 Å². The van der Waals surface area contributed by atoms with Crippen LogP contribution >= 0.6 is 23.2 Å². The lowest BCUT2D eigenvalue weighted by molar-refractivity contribution is 0.0263. The molecule has 2 atom stereocenters. The van der Waals surface area contributed by atoms with E-state index in [4.69, 9.17) is 27.9 Å². The molecule has 0 radical (unpaired) electrons. The molecule has 0 bridgehead atoms. The molecule has 0 spiro atoms. The quantitative estimate of drug-likeness (QED) is 0.570. The Labute approximate surface area is 83.6 Å². The topological polar surface area (TPSA) is 21.3 Å². The smallest absolute Gasteiger partial charge is 0.0968 e. The molecule has 0 saturated heterocycles. The van der Waals surface area contributed by atoms with Crippen LogP contribution in [0.15, 0.2) is 0 Å². The summed E-state index contributed by atoms with van der Waals surface area (Å²) in [6.45, 7) is 0.525. The molecule has 0 aliphatic heterocycles. The van der Waals surface area contributed by atoms with Gasteiger partial charge in [-0.3, -0.25) is 5.32 Å². The van der Waals surface area contributed by atoms with Crippen molar-refractivity contribution in [2.24, 2.45) is 0 Å². The molecule has 0 aromatic heterocycles. The zero-order valence-electron chi connectivity index (χ0n) is 7.22. The molecule has 1 aliphatic carbocycles. The maximum absolute atomic E-state index is 6.08. The molecule has 0 heterocycles. The number of hydrogen-bond donors (Lipinski definition) is 1. The summed E-state index contributed by atoms with van der Waals surface area (Å²) in [7, 11) is 1.84. The Morgan fingerprint density at radius 3 is 2.42 bits per heavy atom. The molecule has 0 aromatic carbocycles. The van der Waals surface area contributed by atoms with E-state index in [-0.39, 0.29) is 16.9 Å². The van der Waals surface area contributed by atoms with E-state index in [2.05, 4.69) is 5.32 Å². The van der Waals surface area contributed by atoms with Gasteiger partial charge in [0.25, 0.3) is 0 Å². The van der Waals surface area contributed by atoms with Crippen LogP contribution in [0.2, 0.25) is 0 Å². The Kier molecular flexibility index (Phi) is 4.65. The summed E-state index contributed by atoms with van der Waals surface area (Å²) < 4.78 is 5.48. The molecule has 1 saturated carbocycles. The molecule has 1 fully saturated rings. The maximum atomic E-state index is 6.08. The zero-order chi connectivity index (χ0) is 8.97. The molecule has 4 heteroatoms. The van der Waals surface area contributed by atoms with Crippen molar-refractivity contribution in [3.8, 4) is 0 Å². The van der Waals surface area contributed by atoms with Gasteiger partial charge in [-0.15, -0.1) is 23.2 Å². The maximum Gasteiger partial charge on any atom is 0.0968 e. The van der Waals surface area contributed by atoms with Crippen molar-refractivity contribution in [3.63, 3.8) is 0 Å². The van der Waals surface area contributed by atoms with Crippen molar-refractivity contribution in [2.45, 2.75) is 36.1 Å². The van der Waals surface area contributed by atoms with Crippen molar-refractivity contribution in [1.82, 2.24) is 5.32 Å². The fourth-order valence-corrected chi connectivity index (χ4v) is 2.33. The third kappa shape index (κ3) is 2.77. The Morgan fingerprint density at radius 2 is 1.92 bits per heavy atom. The van der Waals surface area contributed by atoms with Gasteiger partial charge in [0.1, 0.15) is 0 Å². The van der Waals surface area contributed by atoms with Gasteiger partial charge in [0.15, 0.2) is 0 Å². The minimum Gasteiger partial charge on any atom is -0.360 e. The standard InChI is InChI=1S/C8H15Cl2NO/c1-11-5-12-8-6(9)3-2-4-7(8)10/h6-8,11H,2-5H2,1H3. The largest absolute Gasteiger partial charge is 0.360 e. The van der Waals surface area contributed by atoms with Gasteiger partial charge < -0.3 is 4.74 Å². The van der Waals surface area contributed by atoms with Gasteiger partial charge in [-0.1, -0.05) is 6.42 Å². The third-order valence-corrected chi connectivity index (χ3v) is 3.03. The molecule has 72 valence electrons. The normalized spacial score (nSPS) is 36.8. The van der Waals surface area contributed by atoms with Crippen molar-refractivity contribution in [1.29, 1.82) is 0 Å². The van der Waals surface area contributed by atoms with Crippen molar-refractivity contribution in [3.05, 3.63) is 0 Å². The summed E-state index contributed by atoms with van der Waals surface area (Å²) in [5.41, 5.74) is 0. The van der Waals surface area contributed by atoms with Crippen molar-refractivity contribution in [2.75, 3.05) is 13.8 Å². The van der Waals surface area contributed by atoms with E-state index < -0.39 is 0 Å². The first-order chi connectivity index (χ1) is 5.75. The molecule has 0 amide bonds. The molecule has 12 heavy (non-hydrogen) atoms. The average molecular weight is 212 g/mol. The SMILES string of the molecule is CNCOC1C(Cl)CCCC1Cl. The monoisotopic (exact) mass is 211 g/mol. The first-order valence-corrected chi connectivity index (χ1v) is 5.17. The van der Waals surface area contributed by atoms with Crippen LogP contribution in [-0.2, 0) is 4.74 Å². The first kappa shape index (κ1) is 10.6. The Hall–Kier alpha value is 0.500. The summed E-state index contributed by atoms with van der Waals surface area (Å²) in [6.07, 6.45) is 3.15. The van der Waals surface area contributed by atoms with Gasteiger partial charge in [0.2, 0.25) is 0 Å². The second-order valence-corrected chi connectivity index (χ2v) is 4.21. The number of nitrogens with one attached hydrogen (secondary N) is 1. The number of rotatable bonds is 3. The van der Waals surface area contributed by atoms with Crippen LogP contribution in [-0.4, -0.2) is 30.6 Å². The van der Waals surface area contributed by atoms with Gasteiger partial charge in [0, 0.05) is 0 Å². The van der Waals surface area contributed by atoms with Gasteiger partial charge in [-0.25, -0.2) is 0 Å². The lowest BCUT2D eigenvalue weighted by atomic mass is 9.97. The zero-order valence-corrected chi connectivity index (χ0v) is 8.74. The van der Waals surface area contributed by atoms with Gasteiger partial charge >= 0.3 is 0 Å². The van der Waals surface area contributed by atoms with E-state index >= 15 is 0 Å². The summed E-state index contributed by atoms with van der Waals surface area (Å²) in [6, 6.07) is 0. The van der Waals surface area contributed by atoms with E-state index in [1.54, 1.807) is 0 Å². The van der Waals surface area contributed by atoms with Crippen molar-refractivity contribution >= 4 is 23.2 Å². The number of hydrogen-bond acceptors (Lipinski definition) is 2. The second-order valence-electron chi connectivity index (χ2n) is 3.09. The van der Waals surface area contributed by atoms with Gasteiger partial charge in [0.05, 0.1) is 23.6 Å². The molecule has 1 rings (SSSR count). The van der Waals surface area contributed by atoms with Crippen LogP contribution in [0.5, 0.6) is 0 Å². The Bertz CT molecular complexity index is 124. The summed E-state index contributed by atoms with van der Waals surface area (Å²) in [5, 5.41) is 3.07. The number of ether oxygens (including phenoxy) is 1. The molecular weight excluding hydrogens is 197 g/mol. The van der Waals surface area contributed by atoms with Crippen LogP contribution in [0, 0.1) is 0 Å². The average Bonchev–Trinajstić information content (AvgIpc) is 2.04. The second kappa shape index (κ2) is 5.28. The van der Waals surface area contributed by atoms with Gasteiger partial charge in [-0.2, -0.15) is 0 Å². The number of halogens is 2. The first-order valence-electron chi connectivity index (χ1n) is 4.30. The van der Waals surface area contributed by atoms with E-state index in [1.807, 2.05) is 7.05 Å². The molecule has 1 N–H and O–H groups in total. The summed E-state index contributed by atoms with van der Waals surface area (Å²) in [4.78, 5) is 0. The highest BCUT2D eigenvalue weighted by Crippen LogP contribution is 2.29. The van der Waals surface area contributed by atoms with Crippen LogP contribution < -0.4 is 5.32 Å². The predicted octanol–water partition coefficient (Wildman–Crippen LogP) is 1.95. The summed E-state index contributed by atoms with van der Waals surface area (Å²) >= 11 is 12.2. The Morgan fingerprint density at radius 1 is 1.33 bits per heavy atom. The number of alkyl halides is 2. The van der Waals surface area contributed by atoms with Crippen molar-refractivity contribution < 1.29 is 4.74 Å².